The third-order valence-electron chi connectivity index (χ3n) is 5.42. The maximum absolute atomic E-state index is 6.19. The fourth-order valence-electron chi connectivity index (χ4n) is 4.67. The molecule has 1 aromatic carbocycles. The molecular weight excluding hydrogens is 270 g/mol. The number of ether oxygens (including phenoxy) is 1. The molecule has 20 heavy (non-hydrogen) atoms. The molecule has 2 aliphatic rings. The predicted octanol–water partition coefficient (Wildman–Crippen LogP) is 3.92. The fraction of sp³-hybridized carbons (Fsp3) is 0.647. The zero-order chi connectivity index (χ0) is 14.2. The van der Waals surface area contributed by atoms with Gasteiger partial charge in [-0.1, -0.05) is 18.0 Å². The Balaban J connectivity index is 1.89. The van der Waals surface area contributed by atoms with Crippen LogP contribution in [-0.4, -0.2) is 20.7 Å². The molecule has 0 heterocycles. The molecular formula is C17H24ClNO. The summed E-state index contributed by atoms with van der Waals surface area (Å²) >= 11 is 6.19. The van der Waals surface area contributed by atoms with Gasteiger partial charge in [0.05, 0.1) is 7.11 Å². The van der Waals surface area contributed by atoms with Crippen molar-refractivity contribution in [3.63, 3.8) is 0 Å². The summed E-state index contributed by atoms with van der Waals surface area (Å²) in [6, 6.07) is 6.00. The lowest BCUT2D eigenvalue weighted by molar-refractivity contribution is 0.158. The molecule has 0 amide bonds. The van der Waals surface area contributed by atoms with Crippen LogP contribution in [0.3, 0.4) is 0 Å². The van der Waals surface area contributed by atoms with Gasteiger partial charge < -0.3 is 10.1 Å². The summed E-state index contributed by atoms with van der Waals surface area (Å²) in [6.07, 6.45) is 6.69. The molecule has 1 N–H and O–H groups in total. The highest BCUT2D eigenvalue weighted by molar-refractivity contribution is 6.30. The van der Waals surface area contributed by atoms with Crippen molar-refractivity contribution in [1.82, 2.24) is 5.32 Å². The van der Waals surface area contributed by atoms with E-state index in [1.165, 1.54) is 31.2 Å². The van der Waals surface area contributed by atoms with Crippen LogP contribution in [0.5, 0.6) is 5.75 Å². The normalized spacial score (nSPS) is 31.8. The fourth-order valence-corrected chi connectivity index (χ4v) is 4.86. The number of benzene rings is 1. The minimum Gasteiger partial charge on any atom is -0.496 e. The van der Waals surface area contributed by atoms with Gasteiger partial charge >= 0.3 is 0 Å². The average Bonchev–Trinajstić information content (AvgIpc) is 3.00. The van der Waals surface area contributed by atoms with Crippen LogP contribution in [0.4, 0.5) is 0 Å². The Morgan fingerprint density at radius 1 is 1.40 bits per heavy atom. The van der Waals surface area contributed by atoms with Crippen LogP contribution in [0.15, 0.2) is 18.2 Å². The van der Waals surface area contributed by atoms with Crippen LogP contribution in [-0.2, 0) is 6.42 Å². The number of hydrogen-bond acceptors (Lipinski definition) is 2. The van der Waals surface area contributed by atoms with Crippen LogP contribution in [0.2, 0.25) is 5.02 Å². The summed E-state index contributed by atoms with van der Waals surface area (Å²) in [7, 11) is 3.82. The topological polar surface area (TPSA) is 21.3 Å². The third-order valence-corrected chi connectivity index (χ3v) is 5.65. The number of rotatable bonds is 5. The van der Waals surface area contributed by atoms with Gasteiger partial charge in [-0.05, 0) is 73.7 Å². The number of nitrogens with one attached hydrogen (secondary N) is 1. The molecule has 3 heteroatoms. The van der Waals surface area contributed by atoms with E-state index in [2.05, 4.69) is 18.4 Å². The highest BCUT2D eigenvalue weighted by atomic mass is 35.5. The summed E-state index contributed by atoms with van der Waals surface area (Å²) in [5.74, 6) is 2.79. The SMILES string of the molecule is CNCC1(Cc2cc(Cl)ccc2OC)CC2CCC1C2. The molecule has 1 aromatic rings. The second-order valence-electron chi connectivity index (χ2n) is 6.61. The van der Waals surface area contributed by atoms with Gasteiger partial charge in [0.25, 0.3) is 0 Å². The summed E-state index contributed by atoms with van der Waals surface area (Å²) in [5, 5.41) is 4.24. The number of methoxy groups -OCH3 is 1. The van der Waals surface area contributed by atoms with Gasteiger partial charge in [-0.25, -0.2) is 0 Å². The molecule has 2 bridgehead atoms. The van der Waals surface area contributed by atoms with Crippen molar-refractivity contribution in [3.8, 4) is 5.75 Å². The Bertz CT molecular complexity index is 490. The minimum atomic E-state index is 0.398. The first-order chi connectivity index (χ1) is 9.66. The van der Waals surface area contributed by atoms with Gasteiger partial charge in [0.15, 0.2) is 0 Å². The van der Waals surface area contributed by atoms with E-state index in [0.29, 0.717) is 5.41 Å². The molecule has 3 unspecified atom stereocenters. The largest absolute Gasteiger partial charge is 0.496 e. The Kier molecular flexibility index (Phi) is 3.96. The predicted molar refractivity (Wildman–Crippen MR) is 83.5 cm³/mol. The zero-order valence-corrected chi connectivity index (χ0v) is 13.2. The summed E-state index contributed by atoms with van der Waals surface area (Å²) < 4.78 is 5.53. The molecule has 2 nitrogen and oxygen atoms in total. The zero-order valence-electron chi connectivity index (χ0n) is 12.4. The summed E-state index contributed by atoms with van der Waals surface area (Å²) in [4.78, 5) is 0. The minimum absolute atomic E-state index is 0.398. The van der Waals surface area contributed by atoms with Crippen LogP contribution in [0.1, 0.15) is 31.2 Å². The standard InChI is InChI=1S/C17H24ClNO/c1-19-11-17(9-12-3-4-14(17)7-12)10-13-8-15(18)5-6-16(13)20-2/h5-6,8,12,14,19H,3-4,7,9-11H2,1-2H3. The van der Waals surface area contributed by atoms with E-state index in [0.717, 1.165) is 35.6 Å². The van der Waals surface area contributed by atoms with E-state index in [4.69, 9.17) is 16.3 Å². The highest BCUT2D eigenvalue weighted by Crippen LogP contribution is 2.57. The third kappa shape index (κ3) is 2.44. The molecule has 2 fully saturated rings. The summed E-state index contributed by atoms with van der Waals surface area (Å²) in [5.41, 5.74) is 1.66. The lowest BCUT2D eigenvalue weighted by atomic mass is 9.69. The first kappa shape index (κ1) is 14.2. The molecule has 3 rings (SSSR count). The van der Waals surface area contributed by atoms with Crippen molar-refractivity contribution in [2.75, 3.05) is 20.7 Å². The summed E-state index contributed by atoms with van der Waals surface area (Å²) in [6.45, 7) is 1.10. The number of hydrogen-bond donors (Lipinski definition) is 1. The van der Waals surface area contributed by atoms with Crippen LogP contribution in [0.25, 0.3) is 0 Å². The molecule has 0 aromatic heterocycles. The Hall–Kier alpha value is -0.730. The smallest absolute Gasteiger partial charge is 0.122 e. The van der Waals surface area contributed by atoms with Crippen molar-refractivity contribution in [2.24, 2.45) is 17.3 Å². The highest BCUT2D eigenvalue weighted by Gasteiger charge is 2.50. The van der Waals surface area contributed by atoms with Crippen molar-refractivity contribution in [1.29, 1.82) is 0 Å². The molecule has 110 valence electrons. The van der Waals surface area contributed by atoms with Gasteiger partial charge in [0.2, 0.25) is 0 Å². The molecule has 0 aliphatic heterocycles. The second-order valence-corrected chi connectivity index (χ2v) is 7.04. The van der Waals surface area contributed by atoms with Gasteiger partial charge in [0.1, 0.15) is 5.75 Å². The Morgan fingerprint density at radius 3 is 2.85 bits per heavy atom. The molecule has 3 atom stereocenters. The second kappa shape index (κ2) is 5.57. The van der Waals surface area contributed by atoms with E-state index in [1.807, 2.05) is 12.1 Å². The van der Waals surface area contributed by atoms with E-state index >= 15 is 0 Å². The molecule has 0 saturated heterocycles. The van der Waals surface area contributed by atoms with E-state index in [-0.39, 0.29) is 0 Å². The van der Waals surface area contributed by atoms with Crippen molar-refractivity contribution >= 4 is 11.6 Å². The monoisotopic (exact) mass is 293 g/mol. The van der Waals surface area contributed by atoms with Gasteiger partial charge in [-0.2, -0.15) is 0 Å². The molecule has 2 saturated carbocycles. The van der Waals surface area contributed by atoms with Crippen molar-refractivity contribution in [3.05, 3.63) is 28.8 Å². The molecule has 2 aliphatic carbocycles. The van der Waals surface area contributed by atoms with Gasteiger partial charge in [0, 0.05) is 11.6 Å². The maximum atomic E-state index is 6.19. The Morgan fingerprint density at radius 2 is 2.25 bits per heavy atom. The number of halogens is 1. The first-order valence-electron chi connectivity index (χ1n) is 7.64. The van der Waals surface area contributed by atoms with E-state index in [9.17, 15) is 0 Å². The maximum Gasteiger partial charge on any atom is 0.122 e. The van der Waals surface area contributed by atoms with Gasteiger partial charge in [-0.3, -0.25) is 0 Å². The quantitative estimate of drug-likeness (QED) is 0.888. The number of fused-ring (bicyclic) bond motifs is 2. The van der Waals surface area contributed by atoms with E-state index in [1.54, 1.807) is 7.11 Å². The average molecular weight is 294 g/mol. The lowest BCUT2D eigenvalue weighted by Gasteiger charge is -2.38. The van der Waals surface area contributed by atoms with Crippen LogP contribution < -0.4 is 10.1 Å². The van der Waals surface area contributed by atoms with Crippen LogP contribution in [0, 0.1) is 17.3 Å². The van der Waals surface area contributed by atoms with Crippen LogP contribution >= 0.6 is 11.6 Å². The molecule has 0 radical (unpaired) electrons. The lowest BCUT2D eigenvalue weighted by Crippen LogP contribution is -2.39. The Labute approximate surface area is 126 Å². The molecule has 0 spiro atoms. The van der Waals surface area contributed by atoms with Gasteiger partial charge in [-0.15, -0.1) is 0 Å². The van der Waals surface area contributed by atoms with Crippen molar-refractivity contribution in [2.45, 2.75) is 32.1 Å². The van der Waals surface area contributed by atoms with Crippen molar-refractivity contribution < 1.29 is 4.74 Å². The first-order valence-corrected chi connectivity index (χ1v) is 8.02. The van der Waals surface area contributed by atoms with E-state index < -0.39 is 0 Å².